The zero-order valence-corrected chi connectivity index (χ0v) is 9.53. The van der Waals surface area contributed by atoms with E-state index in [0.717, 1.165) is 17.8 Å². The van der Waals surface area contributed by atoms with Crippen molar-refractivity contribution in [3.05, 3.63) is 35.4 Å². The van der Waals surface area contributed by atoms with Crippen LogP contribution < -0.4 is 0 Å². The number of hydrogen-bond donors (Lipinski definition) is 0. The van der Waals surface area contributed by atoms with Gasteiger partial charge in [-0.15, -0.1) is 0 Å². The minimum absolute atomic E-state index is 0.00806. The SMILES string of the molecule is O=CC(CBr)c1cccc(C2CC2)c1. The topological polar surface area (TPSA) is 17.1 Å². The molecule has 1 saturated carbocycles. The van der Waals surface area contributed by atoms with Crippen molar-refractivity contribution in [2.75, 3.05) is 5.33 Å². The van der Waals surface area contributed by atoms with Gasteiger partial charge in [0.25, 0.3) is 0 Å². The molecule has 0 N–H and O–H groups in total. The summed E-state index contributed by atoms with van der Waals surface area (Å²) in [7, 11) is 0. The van der Waals surface area contributed by atoms with E-state index in [1.54, 1.807) is 0 Å². The van der Waals surface area contributed by atoms with Crippen molar-refractivity contribution in [1.82, 2.24) is 0 Å². The van der Waals surface area contributed by atoms with Gasteiger partial charge in [0.15, 0.2) is 0 Å². The first-order valence-corrected chi connectivity index (χ1v) is 6.08. The highest BCUT2D eigenvalue weighted by molar-refractivity contribution is 9.09. The lowest BCUT2D eigenvalue weighted by Gasteiger charge is -2.08. The van der Waals surface area contributed by atoms with Gasteiger partial charge in [0, 0.05) is 11.2 Å². The first-order valence-electron chi connectivity index (χ1n) is 4.96. The van der Waals surface area contributed by atoms with Crippen molar-refractivity contribution >= 4 is 22.2 Å². The Balaban J connectivity index is 2.23. The fourth-order valence-corrected chi connectivity index (χ4v) is 2.19. The third-order valence-electron chi connectivity index (χ3n) is 2.72. The molecule has 1 aromatic rings. The van der Waals surface area contributed by atoms with Crippen LogP contribution >= 0.6 is 15.9 Å². The van der Waals surface area contributed by atoms with Crippen molar-refractivity contribution in [3.63, 3.8) is 0 Å². The van der Waals surface area contributed by atoms with E-state index >= 15 is 0 Å². The molecule has 2 rings (SSSR count). The van der Waals surface area contributed by atoms with Crippen LogP contribution in [-0.2, 0) is 4.79 Å². The van der Waals surface area contributed by atoms with Gasteiger partial charge in [-0.2, -0.15) is 0 Å². The Morgan fingerprint density at radius 2 is 2.29 bits per heavy atom. The molecular formula is C12H13BrO. The molecular weight excluding hydrogens is 240 g/mol. The number of carbonyl (C=O) groups excluding carboxylic acids is 1. The van der Waals surface area contributed by atoms with Crippen molar-refractivity contribution in [2.45, 2.75) is 24.7 Å². The first kappa shape index (κ1) is 9.91. The molecule has 1 atom stereocenters. The summed E-state index contributed by atoms with van der Waals surface area (Å²) in [5, 5.41) is 0.713. The Morgan fingerprint density at radius 3 is 2.86 bits per heavy atom. The zero-order chi connectivity index (χ0) is 9.97. The average Bonchev–Trinajstić information content (AvgIpc) is 3.03. The second-order valence-electron chi connectivity index (χ2n) is 3.84. The molecule has 1 aromatic carbocycles. The summed E-state index contributed by atoms with van der Waals surface area (Å²) >= 11 is 3.36. The number of aldehydes is 1. The summed E-state index contributed by atoms with van der Waals surface area (Å²) in [5.41, 5.74) is 2.54. The summed E-state index contributed by atoms with van der Waals surface area (Å²) in [6, 6.07) is 8.43. The number of halogens is 1. The van der Waals surface area contributed by atoms with E-state index in [1.165, 1.54) is 18.4 Å². The highest BCUT2D eigenvalue weighted by Gasteiger charge is 2.23. The van der Waals surface area contributed by atoms with Gasteiger partial charge in [-0.3, -0.25) is 0 Å². The summed E-state index contributed by atoms with van der Waals surface area (Å²) in [6.45, 7) is 0. The highest BCUT2D eigenvalue weighted by Crippen LogP contribution is 2.40. The molecule has 0 heterocycles. The highest BCUT2D eigenvalue weighted by atomic mass is 79.9. The maximum absolute atomic E-state index is 10.8. The molecule has 1 aliphatic carbocycles. The van der Waals surface area contributed by atoms with Crippen molar-refractivity contribution < 1.29 is 4.79 Å². The van der Waals surface area contributed by atoms with E-state index in [0.29, 0.717) is 5.33 Å². The fourth-order valence-electron chi connectivity index (χ4n) is 1.66. The first-order chi connectivity index (χ1) is 6.85. The molecule has 1 fully saturated rings. The minimum atomic E-state index is 0.00806. The Kier molecular flexibility index (Phi) is 3.02. The van der Waals surface area contributed by atoms with Crippen molar-refractivity contribution in [2.24, 2.45) is 0 Å². The minimum Gasteiger partial charge on any atom is -0.303 e. The Bertz CT molecular complexity index is 331. The van der Waals surface area contributed by atoms with Crippen LogP contribution in [0.4, 0.5) is 0 Å². The molecule has 0 bridgehead atoms. The van der Waals surface area contributed by atoms with Crippen LogP contribution in [0.2, 0.25) is 0 Å². The largest absolute Gasteiger partial charge is 0.303 e. The standard InChI is InChI=1S/C12H13BrO/c13-7-12(8-14)11-3-1-2-10(6-11)9-4-5-9/h1-3,6,8-9,12H,4-5,7H2. The second kappa shape index (κ2) is 4.26. The molecule has 0 aliphatic heterocycles. The third-order valence-corrected chi connectivity index (χ3v) is 3.42. The van der Waals surface area contributed by atoms with Gasteiger partial charge in [-0.25, -0.2) is 0 Å². The molecule has 74 valence electrons. The molecule has 1 aliphatic rings. The summed E-state index contributed by atoms with van der Waals surface area (Å²) in [6.07, 6.45) is 3.63. The zero-order valence-electron chi connectivity index (χ0n) is 7.95. The Hall–Kier alpha value is -0.630. The Morgan fingerprint density at radius 1 is 1.50 bits per heavy atom. The van der Waals surface area contributed by atoms with E-state index in [9.17, 15) is 4.79 Å². The molecule has 1 unspecified atom stereocenters. The van der Waals surface area contributed by atoms with Gasteiger partial charge < -0.3 is 4.79 Å². The maximum atomic E-state index is 10.8. The van der Waals surface area contributed by atoms with Crippen LogP contribution in [0.15, 0.2) is 24.3 Å². The van der Waals surface area contributed by atoms with Crippen molar-refractivity contribution in [1.29, 1.82) is 0 Å². The van der Waals surface area contributed by atoms with E-state index in [1.807, 2.05) is 6.07 Å². The summed E-state index contributed by atoms with van der Waals surface area (Å²) in [4.78, 5) is 10.8. The van der Waals surface area contributed by atoms with Gasteiger partial charge >= 0.3 is 0 Å². The Labute approximate surface area is 92.6 Å². The van der Waals surface area contributed by atoms with Crippen LogP contribution in [-0.4, -0.2) is 11.6 Å². The van der Waals surface area contributed by atoms with Gasteiger partial charge in [0.2, 0.25) is 0 Å². The predicted octanol–water partition coefficient (Wildman–Crippen LogP) is 3.24. The monoisotopic (exact) mass is 252 g/mol. The number of carbonyl (C=O) groups is 1. The molecule has 0 aromatic heterocycles. The number of rotatable bonds is 4. The van der Waals surface area contributed by atoms with Crippen LogP contribution in [0.5, 0.6) is 0 Å². The van der Waals surface area contributed by atoms with E-state index in [-0.39, 0.29) is 5.92 Å². The van der Waals surface area contributed by atoms with Crippen LogP contribution in [0.25, 0.3) is 0 Å². The quantitative estimate of drug-likeness (QED) is 0.594. The van der Waals surface area contributed by atoms with Crippen molar-refractivity contribution in [3.8, 4) is 0 Å². The number of alkyl halides is 1. The van der Waals surface area contributed by atoms with Crippen LogP contribution in [0.1, 0.15) is 35.8 Å². The number of benzene rings is 1. The van der Waals surface area contributed by atoms with Gasteiger partial charge in [-0.1, -0.05) is 40.2 Å². The van der Waals surface area contributed by atoms with E-state index < -0.39 is 0 Å². The van der Waals surface area contributed by atoms with Gasteiger partial charge in [0.05, 0.1) is 0 Å². The smallest absolute Gasteiger partial charge is 0.128 e. The molecule has 0 radical (unpaired) electrons. The summed E-state index contributed by atoms with van der Waals surface area (Å²) < 4.78 is 0. The molecule has 14 heavy (non-hydrogen) atoms. The molecule has 0 spiro atoms. The average molecular weight is 253 g/mol. The second-order valence-corrected chi connectivity index (χ2v) is 4.49. The van der Waals surface area contributed by atoms with Gasteiger partial charge in [-0.05, 0) is 29.9 Å². The predicted molar refractivity (Wildman–Crippen MR) is 61.0 cm³/mol. The molecule has 1 nitrogen and oxygen atoms in total. The van der Waals surface area contributed by atoms with Crippen LogP contribution in [0, 0.1) is 0 Å². The number of hydrogen-bond acceptors (Lipinski definition) is 1. The fraction of sp³-hybridized carbons (Fsp3) is 0.417. The lowest BCUT2D eigenvalue weighted by molar-refractivity contribution is -0.108. The molecule has 0 amide bonds. The summed E-state index contributed by atoms with van der Waals surface area (Å²) in [5.74, 6) is 0.770. The lowest BCUT2D eigenvalue weighted by atomic mass is 9.99. The maximum Gasteiger partial charge on any atom is 0.128 e. The van der Waals surface area contributed by atoms with Gasteiger partial charge in [0.1, 0.15) is 6.29 Å². The van der Waals surface area contributed by atoms with E-state index in [2.05, 4.69) is 34.1 Å². The lowest BCUT2D eigenvalue weighted by Crippen LogP contribution is -2.01. The van der Waals surface area contributed by atoms with E-state index in [4.69, 9.17) is 0 Å². The normalized spacial score (nSPS) is 17.8. The molecule has 0 saturated heterocycles. The van der Waals surface area contributed by atoms with Crippen LogP contribution in [0.3, 0.4) is 0 Å². The third kappa shape index (κ3) is 2.06. The molecule has 2 heteroatoms.